The van der Waals surface area contributed by atoms with Crippen LogP contribution < -0.4 is 0 Å². The maximum absolute atomic E-state index is 11.5. The van der Waals surface area contributed by atoms with Crippen LogP contribution in [-0.4, -0.2) is 39.5 Å². The van der Waals surface area contributed by atoms with Crippen LogP contribution in [0.3, 0.4) is 0 Å². The van der Waals surface area contributed by atoms with Crippen LogP contribution in [0, 0.1) is 5.92 Å². The van der Waals surface area contributed by atoms with E-state index < -0.39 is 22.7 Å². The van der Waals surface area contributed by atoms with Gasteiger partial charge < -0.3 is 9.84 Å². The Morgan fingerprint density at radius 1 is 1.62 bits per heavy atom. The van der Waals surface area contributed by atoms with Crippen LogP contribution >= 0.6 is 0 Å². The van der Waals surface area contributed by atoms with Gasteiger partial charge in [-0.05, 0) is 25.7 Å². The molecule has 1 N–H and O–H groups in total. The maximum atomic E-state index is 11.5. The normalized spacial score (nSPS) is 24.2. The van der Waals surface area contributed by atoms with Gasteiger partial charge >= 0.3 is 5.97 Å². The minimum Gasteiger partial charge on any atom is -0.481 e. The van der Waals surface area contributed by atoms with Gasteiger partial charge in [0.05, 0.1) is 12.0 Å². The Kier molecular flexibility index (Phi) is 5.98. The van der Waals surface area contributed by atoms with E-state index in [-0.39, 0.29) is 5.75 Å². The van der Waals surface area contributed by atoms with Crippen molar-refractivity contribution in [3.05, 3.63) is 0 Å². The molecule has 5 heteroatoms. The molecule has 0 spiro atoms. The molecule has 1 fully saturated rings. The van der Waals surface area contributed by atoms with Crippen molar-refractivity contribution in [2.45, 2.75) is 38.7 Å². The van der Waals surface area contributed by atoms with Crippen molar-refractivity contribution in [3.8, 4) is 0 Å². The third-order valence-corrected chi connectivity index (χ3v) is 4.40. The van der Waals surface area contributed by atoms with Crippen molar-refractivity contribution in [2.24, 2.45) is 5.92 Å². The van der Waals surface area contributed by atoms with Crippen molar-refractivity contribution >= 4 is 16.8 Å². The van der Waals surface area contributed by atoms with Crippen LogP contribution in [0.15, 0.2) is 0 Å². The zero-order valence-electron chi connectivity index (χ0n) is 9.68. The van der Waals surface area contributed by atoms with Gasteiger partial charge in [-0.15, -0.1) is 0 Å². The zero-order valence-corrected chi connectivity index (χ0v) is 10.5. The SMILES string of the molecule is CC(CS(=O)CCCC1CCCO1)C(=O)O. The number of carboxylic acid groups (broad SMARTS) is 1. The molecule has 1 aliphatic heterocycles. The molecule has 1 rings (SSSR count). The predicted molar refractivity (Wildman–Crippen MR) is 62.9 cm³/mol. The molecule has 0 amide bonds. The molecule has 16 heavy (non-hydrogen) atoms. The molecule has 3 unspecified atom stereocenters. The van der Waals surface area contributed by atoms with E-state index in [9.17, 15) is 9.00 Å². The molecule has 94 valence electrons. The first kappa shape index (κ1) is 13.6. The minimum atomic E-state index is -1.01. The highest BCUT2D eigenvalue weighted by Crippen LogP contribution is 2.17. The molecule has 0 aromatic carbocycles. The number of carboxylic acids is 1. The number of hydrogen-bond acceptors (Lipinski definition) is 3. The second-order valence-electron chi connectivity index (χ2n) is 4.33. The summed E-state index contributed by atoms with van der Waals surface area (Å²) in [5.74, 6) is -0.519. The van der Waals surface area contributed by atoms with E-state index >= 15 is 0 Å². The summed E-state index contributed by atoms with van der Waals surface area (Å²) in [7, 11) is -1.01. The number of ether oxygens (including phenoxy) is 1. The van der Waals surface area contributed by atoms with Gasteiger partial charge in [0, 0.05) is 28.9 Å². The zero-order chi connectivity index (χ0) is 12.0. The molecule has 0 saturated carbocycles. The first-order valence-corrected chi connectivity index (χ1v) is 7.27. The Morgan fingerprint density at radius 3 is 2.94 bits per heavy atom. The average Bonchev–Trinajstić information content (AvgIpc) is 2.70. The molecule has 0 radical (unpaired) electrons. The molecule has 1 aliphatic rings. The Balaban J connectivity index is 2.07. The Labute approximate surface area is 98.8 Å². The summed E-state index contributed by atoms with van der Waals surface area (Å²) < 4.78 is 17.0. The van der Waals surface area contributed by atoms with Crippen LogP contribution in [0.5, 0.6) is 0 Å². The minimum absolute atomic E-state index is 0.265. The first-order chi connectivity index (χ1) is 7.59. The lowest BCUT2D eigenvalue weighted by atomic mass is 10.1. The van der Waals surface area contributed by atoms with E-state index in [0.717, 1.165) is 32.3 Å². The summed E-state index contributed by atoms with van der Waals surface area (Å²) >= 11 is 0. The van der Waals surface area contributed by atoms with Gasteiger partial charge in [0.2, 0.25) is 0 Å². The molecule has 0 aromatic rings. The highest BCUT2D eigenvalue weighted by atomic mass is 32.2. The summed E-state index contributed by atoms with van der Waals surface area (Å²) in [6.45, 7) is 2.45. The molecule has 1 heterocycles. The summed E-state index contributed by atoms with van der Waals surface area (Å²) in [5, 5.41) is 8.67. The number of aliphatic carboxylic acids is 1. The summed E-state index contributed by atoms with van der Waals surface area (Å²) in [4.78, 5) is 10.6. The third-order valence-electron chi connectivity index (χ3n) is 2.78. The largest absolute Gasteiger partial charge is 0.481 e. The number of carbonyl (C=O) groups is 1. The highest BCUT2D eigenvalue weighted by Gasteiger charge is 2.17. The lowest BCUT2D eigenvalue weighted by Gasteiger charge is -2.09. The van der Waals surface area contributed by atoms with Crippen LogP contribution in [0.4, 0.5) is 0 Å². The molecule has 3 atom stereocenters. The Morgan fingerprint density at radius 2 is 2.38 bits per heavy atom. The van der Waals surface area contributed by atoms with Gasteiger partial charge in [-0.1, -0.05) is 6.92 Å². The highest BCUT2D eigenvalue weighted by molar-refractivity contribution is 7.85. The van der Waals surface area contributed by atoms with Gasteiger partial charge in [0.15, 0.2) is 0 Å². The molecular formula is C11H20O4S. The third kappa shape index (κ3) is 5.07. The quantitative estimate of drug-likeness (QED) is 0.740. The van der Waals surface area contributed by atoms with Gasteiger partial charge in [-0.25, -0.2) is 0 Å². The first-order valence-electron chi connectivity index (χ1n) is 5.79. The molecule has 0 bridgehead atoms. The fraction of sp³-hybridized carbons (Fsp3) is 0.909. The van der Waals surface area contributed by atoms with E-state index in [1.807, 2.05) is 0 Å². The molecule has 4 nitrogen and oxygen atoms in total. The lowest BCUT2D eigenvalue weighted by molar-refractivity contribution is -0.140. The van der Waals surface area contributed by atoms with E-state index in [2.05, 4.69) is 0 Å². The summed E-state index contributed by atoms with van der Waals surface area (Å²) in [5.41, 5.74) is 0. The second kappa shape index (κ2) is 7.01. The topological polar surface area (TPSA) is 63.6 Å². The Bertz CT molecular complexity index is 248. The van der Waals surface area contributed by atoms with E-state index in [0.29, 0.717) is 11.9 Å². The summed E-state index contributed by atoms with van der Waals surface area (Å²) in [6.07, 6.45) is 4.40. The van der Waals surface area contributed by atoms with Crippen molar-refractivity contribution < 1.29 is 18.8 Å². The average molecular weight is 248 g/mol. The van der Waals surface area contributed by atoms with Crippen molar-refractivity contribution in [2.75, 3.05) is 18.1 Å². The Hall–Kier alpha value is -0.420. The van der Waals surface area contributed by atoms with Gasteiger partial charge in [-0.3, -0.25) is 9.00 Å². The number of rotatable bonds is 7. The van der Waals surface area contributed by atoms with Gasteiger partial charge in [0.25, 0.3) is 0 Å². The van der Waals surface area contributed by atoms with E-state index in [1.165, 1.54) is 0 Å². The van der Waals surface area contributed by atoms with E-state index in [1.54, 1.807) is 6.92 Å². The number of hydrogen-bond donors (Lipinski definition) is 1. The predicted octanol–water partition coefficient (Wildman–Crippen LogP) is 1.41. The maximum Gasteiger partial charge on any atom is 0.307 e. The smallest absolute Gasteiger partial charge is 0.307 e. The second-order valence-corrected chi connectivity index (χ2v) is 5.95. The van der Waals surface area contributed by atoms with Gasteiger partial charge in [-0.2, -0.15) is 0 Å². The van der Waals surface area contributed by atoms with Crippen LogP contribution in [0.25, 0.3) is 0 Å². The molecule has 0 aliphatic carbocycles. The fourth-order valence-electron chi connectivity index (χ4n) is 1.78. The van der Waals surface area contributed by atoms with Crippen molar-refractivity contribution in [3.63, 3.8) is 0 Å². The van der Waals surface area contributed by atoms with Crippen molar-refractivity contribution in [1.82, 2.24) is 0 Å². The van der Waals surface area contributed by atoms with Gasteiger partial charge in [0.1, 0.15) is 0 Å². The standard InChI is InChI=1S/C11H20O4S/c1-9(11(12)13)8-16(14)7-3-5-10-4-2-6-15-10/h9-10H,2-8H2,1H3,(H,12,13). The molecule has 0 aromatic heterocycles. The van der Waals surface area contributed by atoms with E-state index in [4.69, 9.17) is 9.84 Å². The van der Waals surface area contributed by atoms with Crippen LogP contribution in [0.2, 0.25) is 0 Å². The summed E-state index contributed by atoms with van der Waals surface area (Å²) in [6, 6.07) is 0. The molecule has 1 saturated heterocycles. The monoisotopic (exact) mass is 248 g/mol. The molecular weight excluding hydrogens is 228 g/mol. The fourth-order valence-corrected chi connectivity index (χ4v) is 3.13. The lowest BCUT2D eigenvalue weighted by Crippen LogP contribution is -2.19. The van der Waals surface area contributed by atoms with Crippen LogP contribution in [-0.2, 0) is 20.3 Å². The van der Waals surface area contributed by atoms with Crippen molar-refractivity contribution in [1.29, 1.82) is 0 Å². The van der Waals surface area contributed by atoms with Crippen LogP contribution in [0.1, 0.15) is 32.6 Å².